The minimum Gasteiger partial charge on any atom is -0.0622 e. The quantitative estimate of drug-likeness (QED) is 0.181. The fourth-order valence-corrected chi connectivity index (χ4v) is 7.37. The van der Waals surface area contributed by atoms with Crippen LogP contribution >= 0.6 is 0 Å². The van der Waals surface area contributed by atoms with Gasteiger partial charge in [0.05, 0.1) is 0 Å². The van der Waals surface area contributed by atoms with E-state index in [1.54, 1.807) is 0 Å². The van der Waals surface area contributed by atoms with Gasteiger partial charge in [0.25, 0.3) is 0 Å². The van der Waals surface area contributed by atoms with Gasteiger partial charge < -0.3 is 0 Å². The van der Waals surface area contributed by atoms with E-state index in [-0.39, 0.29) is 0 Å². The number of hydrogen-bond acceptors (Lipinski definition) is 0. The van der Waals surface area contributed by atoms with Crippen molar-refractivity contribution in [3.8, 4) is 44.5 Å². The molecule has 0 radical (unpaired) electrons. The molecule has 0 heterocycles. The van der Waals surface area contributed by atoms with Crippen molar-refractivity contribution in [1.82, 2.24) is 0 Å². The van der Waals surface area contributed by atoms with Gasteiger partial charge in [-0.3, -0.25) is 0 Å². The van der Waals surface area contributed by atoms with Crippen LogP contribution in [-0.4, -0.2) is 0 Å². The SMILES string of the molecule is c1ccc(-c2ccc(-c3c4ccccc4c(-c4cccc(-c5c6ccccc6cc6ccccc56)c4)c4ccccc34)cc2)cc1. The molecule has 0 saturated carbocycles. The van der Waals surface area contributed by atoms with Crippen LogP contribution in [0.4, 0.5) is 0 Å². The summed E-state index contributed by atoms with van der Waals surface area (Å²) < 4.78 is 0. The Morgan fingerprint density at radius 1 is 0.196 bits per heavy atom. The molecule has 0 unspecified atom stereocenters. The Hall–Kier alpha value is -5.98. The second-order valence-corrected chi connectivity index (χ2v) is 12.1. The average Bonchev–Trinajstić information content (AvgIpc) is 3.13. The van der Waals surface area contributed by atoms with Gasteiger partial charge in [-0.05, 0) is 99.7 Å². The van der Waals surface area contributed by atoms with Crippen molar-refractivity contribution in [2.75, 3.05) is 0 Å². The van der Waals surface area contributed by atoms with Crippen LogP contribution in [0, 0.1) is 0 Å². The zero-order chi connectivity index (χ0) is 30.5. The highest BCUT2D eigenvalue weighted by molar-refractivity contribution is 6.22. The Morgan fingerprint density at radius 3 is 1.07 bits per heavy atom. The number of benzene rings is 9. The van der Waals surface area contributed by atoms with Crippen LogP contribution in [0.15, 0.2) is 182 Å². The minimum absolute atomic E-state index is 1.23. The highest BCUT2D eigenvalue weighted by Gasteiger charge is 2.18. The van der Waals surface area contributed by atoms with E-state index in [1.807, 2.05) is 0 Å². The van der Waals surface area contributed by atoms with Crippen LogP contribution in [0.3, 0.4) is 0 Å². The Morgan fingerprint density at radius 2 is 0.543 bits per heavy atom. The molecule has 0 aliphatic heterocycles. The molecule has 0 spiro atoms. The first kappa shape index (κ1) is 26.4. The first-order chi connectivity index (χ1) is 22.8. The molecular weight excluding hydrogens is 553 g/mol. The van der Waals surface area contributed by atoms with Gasteiger partial charge in [0, 0.05) is 0 Å². The van der Waals surface area contributed by atoms with Crippen molar-refractivity contribution in [2.45, 2.75) is 0 Å². The van der Waals surface area contributed by atoms with E-state index in [4.69, 9.17) is 0 Å². The molecule has 9 rings (SSSR count). The van der Waals surface area contributed by atoms with E-state index in [2.05, 4.69) is 182 Å². The van der Waals surface area contributed by atoms with Crippen LogP contribution in [0.2, 0.25) is 0 Å². The van der Waals surface area contributed by atoms with Gasteiger partial charge in [-0.2, -0.15) is 0 Å². The van der Waals surface area contributed by atoms with E-state index in [9.17, 15) is 0 Å². The molecule has 9 aromatic carbocycles. The first-order valence-corrected chi connectivity index (χ1v) is 15.9. The summed E-state index contributed by atoms with van der Waals surface area (Å²) in [6, 6.07) is 66.5. The van der Waals surface area contributed by atoms with Gasteiger partial charge in [-0.1, -0.05) is 170 Å². The van der Waals surface area contributed by atoms with Crippen molar-refractivity contribution < 1.29 is 0 Å². The third kappa shape index (κ3) is 4.30. The Labute approximate surface area is 268 Å². The van der Waals surface area contributed by atoms with Crippen LogP contribution in [0.1, 0.15) is 0 Å². The largest absolute Gasteiger partial charge is 0.0622 e. The van der Waals surface area contributed by atoms with Gasteiger partial charge in [0.2, 0.25) is 0 Å². The molecule has 9 aromatic rings. The first-order valence-electron chi connectivity index (χ1n) is 15.9. The van der Waals surface area contributed by atoms with Crippen LogP contribution in [0.5, 0.6) is 0 Å². The summed E-state index contributed by atoms with van der Waals surface area (Å²) in [6.45, 7) is 0. The molecule has 0 aliphatic carbocycles. The van der Waals surface area contributed by atoms with E-state index < -0.39 is 0 Å². The highest BCUT2D eigenvalue weighted by atomic mass is 14.2. The molecule has 0 bridgehead atoms. The van der Waals surface area contributed by atoms with Crippen LogP contribution < -0.4 is 0 Å². The average molecular weight is 583 g/mol. The summed E-state index contributed by atoms with van der Waals surface area (Å²) in [5.41, 5.74) is 10.0. The lowest BCUT2D eigenvalue weighted by molar-refractivity contribution is 1.61. The predicted octanol–water partition coefficient (Wildman–Crippen LogP) is 13.0. The summed E-state index contributed by atoms with van der Waals surface area (Å²) in [5, 5.41) is 10.2. The van der Waals surface area contributed by atoms with E-state index in [0.29, 0.717) is 0 Å². The van der Waals surface area contributed by atoms with Crippen molar-refractivity contribution in [3.05, 3.63) is 182 Å². The molecule has 0 N–H and O–H groups in total. The molecule has 0 fully saturated rings. The normalized spacial score (nSPS) is 11.5. The monoisotopic (exact) mass is 582 g/mol. The predicted molar refractivity (Wildman–Crippen MR) is 198 cm³/mol. The third-order valence-electron chi connectivity index (χ3n) is 9.42. The Kier molecular flexibility index (Phi) is 6.25. The zero-order valence-corrected chi connectivity index (χ0v) is 25.3. The molecule has 0 saturated heterocycles. The standard InChI is InChI=1S/C46H30/c1-2-13-31(14-3-1)32-25-27-33(28-26-32)44-40-21-8-10-23-42(40)46(43-24-11-9-22-41(43)44)37-18-12-17-36(30-37)45-38-19-6-4-15-34(38)29-35-16-5-7-20-39(35)45/h1-30H. The summed E-state index contributed by atoms with van der Waals surface area (Å²) in [4.78, 5) is 0. The topological polar surface area (TPSA) is 0 Å². The summed E-state index contributed by atoms with van der Waals surface area (Å²) in [5.74, 6) is 0. The fourth-order valence-electron chi connectivity index (χ4n) is 7.37. The molecule has 0 heteroatoms. The summed E-state index contributed by atoms with van der Waals surface area (Å²) in [6.07, 6.45) is 0. The maximum atomic E-state index is 2.40. The second-order valence-electron chi connectivity index (χ2n) is 12.1. The minimum atomic E-state index is 1.23. The van der Waals surface area contributed by atoms with E-state index in [1.165, 1.54) is 87.6 Å². The third-order valence-corrected chi connectivity index (χ3v) is 9.42. The van der Waals surface area contributed by atoms with Crippen molar-refractivity contribution in [3.63, 3.8) is 0 Å². The number of hydrogen-bond donors (Lipinski definition) is 0. The van der Waals surface area contributed by atoms with Gasteiger partial charge in [-0.15, -0.1) is 0 Å². The van der Waals surface area contributed by atoms with Gasteiger partial charge in [0.15, 0.2) is 0 Å². The van der Waals surface area contributed by atoms with Crippen LogP contribution in [0.25, 0.3) is 87.6 Å². The van der Waals surface area contributed by atoms with E-state index in [0.717, 1.165) is 0 Å². The highest BCUT2D eigenvalue weighted by Crippen LogP contribution is 2.45. The Bertz CT molecular complexity index is 2440. The molecule has 214 valence electrons. The molecule has 0 aliphatic rings. The molecule has 0 atom stereocenters. The molecule has 0 aromatic heterocycles. The smallest absolute Gasteiger partial charge is 0.00262 e. The summed E-state index contributed by atoms with van der Waals surface area (Å²) in [7, 11) is 0. The maximum Gasteiger partial charge on any atom is -0.00262 e. The maximum absolute atomic E-state index is 2.40. The van der Waals surface area contributed by atoms with Gasteiger partial charge in [0.1, 0.15) is 0 Å². The van der Waals surface area contributed by atoms with Crippen molar-refractivity contribution in [1.29, 1.82) is 0 Å². The van der Waals surface area contributed by atoms with Gasteiger partial charge in [-0.25, -0.2) is 0 Å². The lowest BCUT2D eigenvalue weighted by Crippen LogP contribution is -1.92. The summed E-state index contributed by atoms with van der Waals surface area (Å²) >= 11 is 0. The molecule has 0 amide bonds. The van der Waals surface area contributed by atoms with Crippen molar-refractivity contribution in [2.24, 2.45) is 0 Å². The zero-order valence-electron chi connectivity index (χ0n) is 25.3. The van der Waals surface area contributed by atoms with Crippen LogP contribution in [-0.2, 0) is 0 Å². The Balaban J connectivity index is 1.29. The van der Waals surface area contributed by atoms with Gasteiger partial charge >= 0.3 is 0 Å². The lowest BCUT2D eigenvalue weighted by atomic mass is 9.84. The van der Waals surface area contributed by atoms with Crippen molar-refractivity contribution >= 4 is 43.1 Å². The second kappa shape index (κ2) is 10.9. The van der Waals surface area contributed by atoms with E-state index >= 15 is 0 Å². The molecule has 46 heavy (non-hydrogen) atoms. The molecular formula is C46H30. The molecule has 0 nitrogen and oxygen atoms in total. The number of fused-ring (bicyclic) bond motifs is 4. The fraction of sp³-hybridized carbons (Fsp3) is 0. The lowest BCUT2D eigenvalue weighted by Gasteiger charge is -2.19. The number of rotatable bonds is 4.